The fourth-order valence-corrected chi connectivity index (χ4v) is 3.81. The number of ether oxygens (including phenoxy) is 1. The van der Waals surface area contributed by atoms with Crippen molar-refractivity contribution in [3.05, 3.63) is 34.6 Å². The Hall–Kier alpha value is -2.77. The number of fused-ring (bicyclic) bond motifs is 1. The van der Waals surface area contributed by atoms with Crippen molar-refractivity contribution in [2.45, 2.75) is 44.9 Å². The number of esters is 1. The summed E-state index contributed by atoms with van der Waals surface area (Å²) >= 11 is 0. The van der Waals surface area contributed by atoms with Crippen LogP contribution in [0.1, 0.15) is 32.1 Å². The number of nitrogens with zero attached hydrogens (tertiary/aromatic N) is 4. The van der Waals surface area contributed by atoms with Gasteiger partial charge in [-0.2, -0.15) is 4.68 Å². The summed E-state index contributed by atoms with van der Waals surface area (Å²) in [5.41, 5.74) is 0.132. The maximum Gasteiger partial charge on any atom is 0.313 e. The van der Waals surface area contributed by atoms with Crippen LogP contribution in [-0.4, -0.2) is 44.4 Å². The Kier molecular flexibility index (Phi) is 4.40. The van der Waals surface area contributed by atoms with Gasteiger partial charge in [-0.05, 0) is 25.0 Å². The van der Waals surface area contributed by atoms with Crippen molar-refractivity contribution in [1.82, 2.24) is 19.9 Å². The van der Waals surface area contributed by atoms with E-state index in [9.17, 15) is 14.4 Å². The molecule has 2 heterocycles. The molecule has 0 bridgehead atoms. The average Bonchev–Trinajstić information content (AvgIpc) is 3.30. The van der Waals surface area contributed by atoms with Crippen molar-refractivity contribution < 1.29 is 14.3 Å². The van der Waals surface area contributed by atoms with Gasteiger partial charge in [0.15, 0.2) is 6.73 Å². The van der Waals surface area contributed by atoms with Crippen LogP contribution in [0.15, 0.2) is 29.1 Å². The van der Waals surface area contributed by atoms with Crippen LogP contribution in [0.3, 0.4) is 0 Å². The van der Waals surface area contributed by atoms with Crippen LogP contribution in [0.5, 0.6) is 0 Å². The van der Waals surface area contributed by atoms with E-state index in [2.05, 4.69) is 10.3 Å². The molecule has 8 heteroatoms. The summed E-state index contributed by atoms with van der Waals surface area (Å²) in [6, 6.07) is 7.12. The second kappa shape index (κ2) is 6.86. The lowest BCUT2D eigenvalue weighted by Crippen LogP contribution is -2.35. The number of carbonyl (C=O) groups excluding carboxylic acids is 2. The van der Waals surface area contributed by atoms with Crippen LogP contribution in [0.2, 0.25) is 0 Å². The first-order chi connectivity index (χ1) is 12.6. The van der Waals surface area contributed by atoms with Gasteiger partial charge in [0.25, 0.3) is 5.56 Å². The van der Waals surface area contributed by atoms with Gasteiger partial charge in [0.1, 0.15) is 5.52 Å². The van der Waals surface area contributed by atoms with Gasteiger partial charge in [-0.1, -0.05) is 30.2 Å². The largest absolute Gasteiger partial charge is 0.442 e. The minimum atomic E-state index is -0.479. The van der Waals surface area contributed by atoms with Crippen LogP contribution < -0.4 is 5.56 Å². The molecule has 1 atom stereocenters. The molecule has 1 aromatic carbocycles. The molecule has 1 saturated heterocycles. The van der Waals surface area contributed by atoms with Crippen molar-refractivity contribution in [2.75, 3.05) is 6.54 Å². The number of amides is 1. The molecule has 1 aliphatic heterocycles. The maximum absolute atomic E-state index is 12.3. The van der Waals surface area contributed by atoms with Crippen molar-refractivity contribution in [1.29, 1.82) is 0 Å². The van der Waals surface area contributed by atoms with E-state index in [1.165, 1.54) is 0 Å². The summed E-state index contributed by atoms with van der Waals surface area (Å²) in [6.45, 7) is 0.101. The van der Waals surface area contributed by atoms with E-state index < -0.39 is 11.9 Å². The number of benzene rings is 1. The van der Waals surface area contributed by atoms with Crippen LogP contribution in [0.25, 0.3) is 10.9 Å². The predicted molar refractivity (Wildman–Crippen MR) is 92.0 cm³/mol. The minimum Gasteiger partial charge on any atom is -0.442 e. The van der Waals surface area contributed by atoms with Gasteiger partial charge in [0, 0.05) is 19.0 Å². The smallest absolute Gasteiger partial charge is 0.313 e. The minimum absolute atomic E-state index is 0.0153. The summed E-state index contributed by atoms with van der Waals surface area (Å²) in [4.78, 5) is 38.7. The standard InChI is InChI=1S/C18H20N4O4/c23-16-9-12(10-21(16)13-5-1-2-6-13)18(25)26-11-22-17(24)14-7-3-4-8-15(14)19-20-22/h3-4,7-8,12-13H,1-2,5-6,9-11H2/t12-/m1/s1. The Morgan fingerprint density at radius 1 is 1.19 bits per heavy atom. The lowest BCUT2D eigenvalue weighted by atomic mass is 10.1. The van der Waals surface area contributed by atoms with Crippen molar-refractivity contribution >= 4 is 22.8 Å². The first-order valence-corrected chi connectivity index (χ1v) is 8.92. The molecule has 26 heavy (non-hydrogen) atoms. The number of aromatic nitrogens is 3. The molecular weight excluding hydrogens is 336 g/mol. The van der Waals surface area contributed by atoms with E-state index in [0.717, 1.165) is 30.4 Å². The van der Waals surface area contributed by atoms with Gasteiger partial charge >= 0.3 is 5.97 Å². The highest BCUT2D eigenvalue weighted by molar-refractivity contribution is 5.87. The van der Waals surface area contributed by atoms with E-state index in [-0.39, 0.29) is 30.7 Å². The van der Waals surface area contributed by atoms with E-state index >= 15 is 0 Å². The fraction of sp³-hybridized carbons (Fsp3) is 0.500. The summed E-state index contributed by atoms with van der Waals surface area (Å²) < 4.78 is 6.26. The zero-order valence-corrected chi connectivity index (χ0v) is 14.3. The Morgan fingerprint density at radius 2 is 1.96 bits per heavy atom. The first kappa shape index (κ1) is 16.7. The number of carbonyl (C=O) groups is 2. The molecule has 1 aliphatic carbocycles. The van der Waals surface area contributed by atoms with Gasteiger partial charge < -0.3 is 9.64 Å². The van der Waals surface area contributed by atoms with Gasteiger partial charge in [-0.3, -0.25) is 14.4 Å². The third kappa shape index (κ3) is 3.07. The summed E-state index contributed by atoms with van der Waals surface area (Å²) in [7, 11) is 0. The van der Waals surface area contributed by atoms with E-state index in [1.807, 2.05) is 4.90 Å². The third-order valence-electron chi connectivity index (χ3n) is 5.22. The molecule has 1 aromatic heterocycles. The van der Waals surface area contributed by atoms with Crippen LogP contribution >= 0.6 is 0 Å². The second-order valence-electron chi connectivity index (χ2n) is 6.89. The summed E-state index contributed by atoms with van der Waals surface area (Å²) in [5, 5.41) is 8.17. The molecule has 0 radical (unpaired) electrons. The first-order valence-electron chi connectivity index (χ1n) is 8.92. The van der Waals surface area contributed by atoms with Crippen LogP contribution in [0.4, 0.5) is 0 Å². The molecule has 2 aromatic rings. The molecular formula is C18H20N4O4. The molecule has 1 saturated carbocycles. The molecule has 0 unspecified atom stereocenters. The van der Waals surface area contributed by atoms with E-state index in [1.54, 1.807) is 24.3 Å². The van der Waals surface area contributed by atoms with Crippen molar-refractivity contribution in [3.8, 4) is 0 Å². The van der Waals surface area contributed by atoms with Gasteiger partial charge in [0.2, 0.25) is 5.91 Å². The fourth-order valence-electron chi connectivity index (χ4n) is 3.81. The number of hydrogen-bond acceptors (Lipinski definition) is 6. The van der Waals surface area contributed by atoms with Gasteiger partial charge in [-0.15, -0.1) is 5.10 Å². The zero-order chi connectivity index (χ0) is 18.1. The number of rotatable bonds is 4. The van der Waals surface area contributed by atoms with Crippen LogP contribution in [0, 0.1) is 5.92 Å². The SMILES string of the molecule is O=C(OCn1nnc2ccccc2c1=O)[C@@H]1CC(=O)N(C2CCCC2)C1. The molecule has 2 fully saturated rings. The molecule has 0 N–H and O–H groups in total. The summed E-state index contributed by atoms with van der Waals surface area (Å²) in [5.74, 6) is -0.936. The molecule has 2 aliphatic rings. The van der Waals surface area contributed by atoms with Crippen LogP contribution in [-0.2, 0) is 21.1 Å². The molecule has 4 rings (SSSR count). The summed E-state index contributed by atoms with van der Waals surface area (Å²) in [6.07, 6.45) is 4.46. The van der Waals surface area contributed by atoms with E-state index in [0.29, 0.717) is 17.4 Å². The zero-order valence-electron chi connectivity index (χ0n) is 14.3. The topological polar surface area (TPSA) is 94.4 Å². The Balaban J connectivity index is 1.41. The van der Waals surface area contributed by atoms with Crippen molar-refractivity contribution in [2.24, 2.45) is 5.92 Å². The molecule has 1 amide bonds. The quantitative estimate of drug-likeness (QED) is 0.761. The normalized spacial score (nSPS) is 20.8. The molecule has 136 valence electrons. The highest BCUT2D eigenvalue weighted by Gasteiger charge is 2.39. The molecule has 8 nitrogen and oxygen atoms in total. The maximum atomic E-state index is 12.3. The second-order valence-corrected chi connectivity index (χ2v) is 6.89. The highest BCUT2D eigenvalue weighted by Crippen LogP contribution is 2.29. The van der Waals surface area contributed by atoms with E-state index in [4.69, 9.17) is 4.74 Å². The highest BCUT2D eigenvalue weighted by atomic mass is 16.5. The lowest BCUT2D eigenvalue weighted by molar-refractivity contribution is -0.152. The van der Waals surface area contributed by atoms with Gasteiger partial charge in [-0.25, -0.2) is 0 Å². The number of likely N-dealkylation sites (tertiary alicyclic amines) is 1. The Bertz CT molecular complexity index is 903. The van der Waals surface area contributed by atoms with Crippen molar-refractivity contribution in [3.63, 3.8) is 0 Å². The van der Waals surface area contributed by atoms with Gasteiger partial charge in [0.05, 0.1) is 11.3 Å². The monoisotopic (exact) mass is 356 g/mol. The third-order valence-corrected chi connectivity index (χ3v) is 5.22. The average molecular weight is 356 g/mol. The Labute approximate surface area is 149 Å². The molecule has 0 spiro atoms. The Morgan fingerprint density at radius 3 is 2.77 bits per heavy atom. The lowest BCUT2D eigenvalue weighted by Gasteiger charge is -2.23. The number of hydrogen-bond donors (Lipinski definition) is 0. The predicted octanol–water partition coefficient (Wildman–Crippen LogP) is 1.08.